The fourth-order valence-electron chi connectivity index (χ4n) is 5.86. The molecule has 2 aromatic carbocycles. The van der Waals surface area contributed by atoms with Gasteiger partial charge in [0.2, 0.25) is 5.91 Å². The number of anilines is 1. The SMILES string of the molecule is Cc1cc(C)n(CCNC[C@@H]2CNC[C@@H](CCc3c(F)cncc3NC(=O)[C@@H](N)C(c3ccc(F)cc3)c3ccc(F)cc3)O2)n1. The number of ether oxygens (including phenoxy) is 1. The molecule has 1 amide bonds. The van der Waals surface area contributed by atoms with Crippen molar-refractivity contribution in [3.8, 4) is 0 Å². The van der Waals surface area contributed by atoms with Crippen LogP contribution in [-0.4, -0.2) is 65.1 Å². The lowest BCUT2D eigenvalue weighted by Gasteiger charge is -2.31. The molecule has 1 saturated heterocycles. The number of carbonyl (C=O) groups excluding carboxylic acids is 1. The molecule has 0 radical (unpaired) electrons. The molecule has 3 heterocycles. The van der Waals surface area contributed by atoms with Crippen LogP contribution in [0.25, 0.3) is 0 Å². The quantitative estimate of drug-likeness (QED) is 0.164. The van der Waals surface area contributed by atoms with Crippen LogP contribution >= 0.6 is 0 Å². The third kappa shape index (κ3) is 8.58. The maximum atomic E-state index is 15.1. The van der Waals surface area contributed by atoms with Gasteiger partial charge in [0.15, 0.2) is 0 Å². The molecule has 0 aliphatic carbocycles. The Bertz CT molecular complexity index is 1550. The molecule has 3 atom stereocenters. The third-order valence-electron chi connectivity index (χ3n) is 8.20. The van der Waals surface area contributed by atoms with Crippen LogP contribution in [0.3, 0.4) is 0 Å². The van der Waals surface area contributed by atoms with E-state index < -0.39 is 35.3 Å². The number of rotatable bonds is 13. The van der Waals surface area contributed by atoms with Crippen molar-refractivity contribution in [3.63, 3.8) is 0 Å². The van der Waals surface area contributed by atoms with Crippen molar-refractivity contribution in [3.05, 3.63) is 113 Å². The summed E-state index contributed by atoms with van der Waals surface area (Å²) in [5.41, 5.74) is 10.3. The van der Waals surface area contributed by atoms with E-state index in [9.17, 15) is 13.6 Å². The predicted octanol–water partition coefficient (Wildman–Crippen LogP) is 3.99. The van der Waals surface area contributed by atoms with Gasteiger partial charge in [-0.1, -0.05) is 24.3 Å². The van der Waals surface area contributed by atoms with Gasteiger partial charge in [-0.05, 0) is 68.1 Å². The Kier molecular flexibility index (Phi) is 11.2. The van der Waals surface area contributed by atoms with E-state index in [4.69, 9.17) is 10.5 Å². The molecule has 12 heteroatoms. The van der Waals surface area contributed by atoms with Crippen LogP contribution in [0.1, 0.15) is 40.4 Å². The standard InChI is InChI=1S/C34H40F3N7O2/c1-21-15-22(2)44(43-21)14-13-39-17-28-18-40-16-27(46-28)11-12-29-30(37)19-41-20-31(29)42-34(45)33(38)32(23-3-7-25(35)8-4-23)24-5-9-26(36)10-6-24/h3-10,15,19-20,27-28,32-33,39-40H,11-14,16-18,38H2,1-2H3,(H,42,45)/t27-,28-,33+/m1/s1. The molecule has 0 saturated carbocycles. The normalized spacial score (nSPS) is 17.3. The number of morpholine rings is 1. The van der Waals surface area contributed by atoms with E-state index in [1.165, 1.54) is 54.7 Å². The molecule has 46 heavy (non-hydrogen) atoms. The average Bonchev–Trinajstić information content (AvgIpc) is 3.37. The lowest BCUT2D eigenvalue weighted by molar-refractivity contribution is -0.117. The monoisotopic (exact) mass is 635 g/mol. The number of hydrogen-bond donors (Lipinski definition) is 4. The second kappa shape index (κ2) is 15.5. The summed E-state index contributed by atoms with van der Waals surface area (Å²) in [7, 11) is 0. The number of nitrogens with zero attached hydrogens (tertiary/aromatic N) is 3. The number of nitrogens with one attached hydrogen (secondary N) is 3. The van der Waals surface area contributed by atoms with Crippen LogP contribution in [-0.2, 0) is 22.5 Å². The Balaban J connectivity index is 1.20. The van der Waals surface area contributed by atoms with E-state index in [1.54, 1.807) is 0 Å². The highest BCUT2D eigenvalue weighted by molar-refractivity contribution is 5.96. The zero-order chi connectivity index (χ0) is 32.6. The topological polar surface area (TPSA) is 119 Å². The molecular formula is C34H40F3N7O2. The summed E-state index contributed by atoms with van der Waals surface area (Å²) in [5.74, 6) is -2.73. The van der Waals surface area contributed by atoms with Crippen LogP contribution in [0.2, 0.25) is 0 Å². The largest absolute Gasteiger partial charge is 0.371 e. The minimum atomic E-state index is -1.16. The molecule has 0 spiro atoms. The molecular weight excluding hydrogens is 595 g/mol. The minimum absolute atomic E-state index is 0.0477. The van der Waals surface area contributed by atoms with Crippen molar-refractivity contribution >= 4 is 11.6 Å². The second-order valence-electron chi connectivity index (χ2n) is 11.7. The van der Waals surface area contributed by atoms with Crippen molar-refractivity contribution in [2.24, 2.45) is 5.73 Å². The van der Waals surface area contributed by atoms with Gasteiger partial charge in [-0.25, -0.2) is 13.2 Å². The summed E-state index contributed by atoms with van der Waals surface area (Å²) in [6.45, 7) is 7.52. The Hall–Kier alpha value is -4.10. The van der Waals surface area contributed by atoms with Gasteiger partial charge in [0.05, 0.1) is 48.6 Å². The zero-order valence-corrected chi connectivity index (χ0v) is 26.0. The van der Waals surface area contributed by atoms with Crippen molar-refractivity contribution in [2.75, 3.05) is 31.5 Å². The molecule has 0 unspecified atom stereocenters. The van der Waals surface area contributed by atoms with Gasteiger partial charge in [-0.3, -0.25) is 14.5 Å². The molecule has 1 aliphatic rings. The van der Waals surface area contributed by atoms with E-state index in [0.717, 1.165) is 30.7 Å². The van der Waals surface area contributed by atoms with Crippen molar-refractivity contribution in [2.45, 2.75) is 57.4 Å². The summed E-state index contributed by atoms with van der Waals surface area (Å²) in [4.78, 5) is 17.4. The van der Waals surface area contributed by atoms with Gasteiger partial charge >= 0.3 is 0 Å². The summed E-state index contributed by atoms with van der Waals surface area (Å²) in [6, 6.07) is 12.1. The van der Waals surface area contributed by atoms with Crippen LogP contribution in [0.15, 0.2) is 67.0 Å². The second-order valence-corrected chi connectivity index (χ2v) is 11.7. The molecule has 1 aliphatic heterocycles. The maximum absolute atomic E-state index is 15.1. The molecule has 5 rings (SSSR count). The highest BCUT2D eigenvalue weighted by Crippen LogP contribution is 2.29. The minimum Gasteiger partial charge on any atom is -0.371 e. The van der Waals surface area contributed by atoms with Crippen molar-refractivity contribution < 1.29 is 22.7 Å². The molecule has 1 fully saturated rings. The van der Waals surface area contributed by atoms with Gasteiger partial charge in [0.1, 0.15) is 17.5 Å². The third-order valence-corrected chi connectivity index (χ3v) is 8.20. The fourth-order valence-corrected chi connectivity index (χ4v) is 5.86. The highest BCUT2D eigenvalue weighted by Gasteiger charge is 2.29. The Morgan fingerprint density at radius 1 is 1.02 bits per heavy atom. The van der Waals surface area contributed by atoms with E-state index in [0.29, 0.717) is 49.2 Å². The summed E-state index contributed by atoms with van der Waals surface area (Å²) >= 11 is 0. The van der Waals surface area contributed by atoms with Gasteiger partial charge < -0.3 is 26.4 Å². The molecule has 4 aromatic rings. The molecule has 0 bridgehead atoms. The first-order chi connectivity index (χ1) is 22.2. The molecule has 244 valence electrons. The van der Waals surface area contributed by atoms with Crippen LogP contribution in [0.4, 0.5) is 18.9 Å². The number of aryl methyl sites for hydroxylation is 2. The van der Waals surface area contributed by atoms with E-state index in [1.807, 2.05) is 24.6 Å². The Labute approximate surface area is 266 Å². The van der Waals surface area contributed by atoms with Crippen molar-refractivity contribution in [1.29, 1.82) is 0 Å². The lowest BCUT2D eigenvalue weighted by atomic mass is 9.85. The van der Waals surface area contributed by atoms with Crippen LogP contribution in [0, 0.1) is 31.3 Å². The average molecular weight is 636 g/mol. The van der Waals surface area contributed by atoms with Gasteiger partial charge in [0.25, 0.3) is 0 Å². The molecule has 9 nitrogen and oxygen atoms in total. The Morgan fingerprint density at radius 3 is 2.30 bits per heavy atom. The molecule has 5 N–H and O–H groups in total. The number of nitrogens with two attached hydrogens (primary N) is 1. The number of amides is 1. The van der Waals surface area contributed by atoms with Crippen molar-refractivity contribution in [1.82, 2.24) is 25.4 Å². The smallest absolute Gasteiger partial charge is 0.242 e. The number of aromatic nitrogens is 3. The summed E-state index contributed by atoms with van der Waals surface area (Å²) < 4.78 is 50.7. The summed E-state index contributed by atoms with van der Waals surface area (Å²) in [5, 5.41) is 14.1. The number of pyridine rings is 1. The fraction of sp³-hybridized carbons (Fsp3) is 0.382. The van der Waals surface area contributed by atoms with Gasteiger partial charge in [-0.15, -0.1) is 0 Å². The number of halogens is 3. The first-order valence-corrected chi connectivity index (χ1v) is 15.5. The van der Waals surface area contributed by atoms with Gasteiger partial charge in [-0.2, -0.15) is 5.10 Å². The number of hydrogen-bond acceptors (Lipinski definition) is 7. The van der Waals surface area contributed by atoms with Crippen LogP contribution in [0.5, 0.6) is 0 Å². The zero-order valence-electron chi connectivity index (χ0n) is 26.0. The van der Waals surface area contributed by atoms with Crippen LogP contribution < -0.4 is 21.7 Å². The Morgan fingerprint density at radius 2 is 1.67 bits per heavy atom. The lowest BCUT2D eigenvalue weighted by Crippen LogP contribution is -2.49. The maximum Gasteiger partial charge on any atom is 0.242 e. The van der Waals surface area contributed by atoms with E-state index in [2.05, 4.69) is 26.0 Å². The molecule has 2 aromatic heterocycles. The number of benzene rings is 2. The number of carbonyl (C=O) groups is 1. The summed E-state index contributed by atoms with van der Waals surface area (Å²) in [6.07, 6.45) is 3.11. The predicted molar refractivity (Wildman–Crippen MR) is 170 cm³/mol. The van der Waals surface area contributed by atoms with Gasteiger partial charge in [0, 0.05) is 43.4 Å². The highest BCUT2D eigenvalue weighted by atomic mass is 19.1. The first-order valence-electron chi connectivity index (χ1n) is 15.5. The van der Waals surface area contributed by atoms with E-state index in [-0.39, 0.29) is 17.9 Å². The van der Waals surface area contributed by atoms with E-state index >= 15 is 4.39 Å². The first kappa shape index (κ1) is 33.3.